The minimum atomic E-state index is -3.56. The van der Waals surface area contributed by atoms with Crippen molar-refractivity contribution in [2.45, 2.75) is 24.8 Å². The van der Waals surface area contributed by atoms with E-state index in [9.17, 15) is 13.2 Å². The van der Waals surface area contributed by atoms with Crippen LogP contribution in [0.1, 0.15) is 18.7 Å². The van der Waals surface area contributed by atoms with Gasteiger partial charge >= 0.3 is 0 Å². The van der Waals surface area contributed by atoms with Crippen molar-refractivity contribution in [1.82, 2.24) is 14.7 Å². The van der Waals surface area contributed by atoms with Gasteiger partial charge in [-0.2, -0.15) is 0 Å². The van der Waals surface area contributed by atoms with Crippen LogP contribution >= 0.6 is 0 Å². The third-order valence-corrected chi connectivity index (χ3v) is 3.23. The predicted molar refractivity (Wildman–Crippen MR) is 56.9 cm³/mol. The average molecular weight is 246 g/mol. The second-order valence-electron chi connectivity index (χ2n) is 3.30. The maximum absolute atomic E-state index is 11.6. The van der Waals surface area contributed by atoms with Gasteiger partial charge in [0.25, 0.3) is 10.0 Å². The number of carbonyl (C=O) groups is 1. The zero-order valence-corrected chi connectivity index (χ0v) is 9.67. The molecular weight excluding hydrogens is 232 g/mol. The Morgan fingerprint density at radius 1 is 1.62 bits per heavy atom. The number of hydrogen-bond acceptors (Lipinski definition) is 4. The van der Waals surface area contributed by atoms with Crippen LogP contribution < -0.4 is 10.5 Å². The summed E-state index contributed by atoms with van der Waals surface area (Å²) in [5.74, 6) is 0.0779. The monoisotopic (exact) mass is 246 g/mol. The van der Waals surface area contributed by atoms with Crippen molar-refractivity contribution in [3.63, 3.8) is 0 Å². The van der Waals surface area contributed by atoms with E-state index in [0.717, 1.165) is 0 Å². The number of aromatic nitrogens is 2. The van der Waals surface area contributed by atoms with Crippen molar-refractivity contribution in [2.24, 2.45) is 5.73 Å². The highest BCUT2D eigenvalue weighted by Gasteiger charge is 2.15. The fourth-order valence-electron chi connectivity index (χ4n) is 1.08. The first kappa shape index (κ1) is 12.7. The number of sulfonamides is 1. The number of aromatic amines is 1. The van der Waals surface area contributed by atoms with Gasteiger partial charge in [-0.1, -0.05) is 0 Å². The Balaban J connectivity index is 2.50. The summed E-state index contributed by atoms with van der Waals surface area (Å²) >= 11 is 0. The van der Waals surface area contributed by atoms with Crippen LogP contribution in [0.3, 0.4) is 0 Å². The lowest BCUT2D eigenvalue weighted by Crippen LogP contribution is -2.26. The molecule has 7 nitrogen and oxygen atoms in total. The number of rotatable bonds is 6. The number of aryl methyl sites for hydroxylation is 1. The van der Waals surface area contributed by atoms with Crippen molar-refractivity contribution >= 4 is 15.9 Å². The maximum atomic E-state index is 11.6. The van der Waals surface area contributed by atoms with Gasteiger partial charge in [0.2, 0.25) is 5.91 Å². The number of carbonyl (C=O) groups excluding carboxylic acids is 1. The Labute approximate surface area is 93.5 Å². The van der Waals surface area contributed by atoms with Gasteiger partial charge < -0.3 is 10.7 Å². The zero-order valence-electron chi connectivity index (χ0n) is 8.86. The van der Waals surface area contributed by atoms with Crippen molar-refractivity contribution < 1.29 is 13.2 Å². The van der Waals surface area contributed by atoms with Crippen LogP contribution in [0.15, 0.2) is 11.2 Å². The Kier molecular flexibility index (Phi) is 4.02. The summed E-state index contributed by atoms with van der Waals surface area (Å²) in [4.78, 5) is 16.8. The van der Waals surface area contributed by atoms with Crippen molar-refractivity contribution in [3.8, 4) is 0 Å². The summed E-state index contributed by atoms with van der Waals surface area (Å²) in [6, 6.07) is 0. The molecular formula is C8H14N4O3S. The molecule has 0 unspecified atom stereocenters. The first-order valence-electron chi connectivity index (χ1n) is 4.71. The summed E-state index contributed by atoms with van der Waals surface area (Å²) in [5, 5.41) is 0.0177. The van der Waals surface area contributed by atoms with Gasteiger partial charge in [-0.25, -0.2) is 18.1 Å². The SMILES string of the molecule is Cc1ncc(S(=O)(=O)NCCCC(N)=O)[nH]1. The molecule has 0 spiro atoms. The summed E-state index contributed by atoms with van der Waals surface area (Å²) < 4.78 is 25.5. The van der Waals surface area contributed by atoms with Crippen LogP contribution in [0.2, 0.25) is 0 Å². The standard InChI is InChI=1S/C8H14N4O3S/c1-6-10-5-8(12-6)16(14,15)11-4-2-3-7(9)13/h5,11H,2-4H2,1H3,(H2,9,13)(H,10,12). The van der Waals surface area contributed by atoms with Crippen molar-refractivity contribution in [2.75, 3.05) is 6.54 Å². The molecule has 90 valence electrons. The van der Waals surface area contributed by atoms with E-state index in [1.54, 1.807) is 6.92 Å². The third kappa shape index (κ3) is 3.63. The summed E-state index contributed by atoms with van der Waals surface area (Å²) in [5.41, 5.74) is 4.92. The van der Waals surface area contributed by atoms with E-state index in [1.807, 2.05) is 0 Å². The van der Waals surface area contributed by atoms with E-state index < -0.39 is 15.9 Å². The first-order chi connectivity index (χ1) is 7.42. The molecule has 0 aliphatic heterocycles. The topological polar surface area (TPSA) is 118 Å². The van der Waals surface area contributed by atoms with Gasteiger partial charge in [-0.05, 0) is 13.3 Å². The van der Waals surface area contributed by atoms with Gasteiger partial charge in [-0.3, -0.25) is 4.79 Å². The fraction of sp³-hybridized carbons (Fsp3) is 0.500. The number of imidazole rings is 1. The van der Waals surface area contributed by atoms with Gasteiger partial charge in [-0.15, -0.1) is 0 Å². The Bertz CT molecular complexity index is 465. The van der Waals surface area contributed by atoms with E-state index >= 15 is 0 Å². The number of nitrogens with two attached hydrogens (primary N) is 1. The molecule has 1 rings (SSSR count). The van der Waals surface area contributed by atoms with Crippen LogP contribution in [0.25, 0.3) is 0 Å². The molecule has 0 fully saturated rings. The lowest BCUT2D eigenvalue weighted by molar-refractivity contribution is -0.118. The second-order valence-corrected chi connectivity index (χ2v) is 5.04. The average Bonchev–Trinajstić information content (AvgIpc) is 2.60. The third-order valence-electron chi connectivity index (χ3n) is 1.86. The minimum Gasteiger partial charge on any atom is -0.370 e. The number of amides is 1. The second kappa shape index (κ2) is 5.08. The lowest BCUT2D eigenvalue weighted by Gasteiger charge is -2.03. The molecule has 1 heterocycles. The quantitative estimate of drug-likeness (QED) is 0.573. The molecule has 0 radical (unpaired) electrons. The summed E-state index contributed by atoms with van der Waals surface area (Å²) in [6.45, 7) is 1.83. The molecule has 0 aliphatic carbocycles. The maximum Gasteiger partial charge on any atom is 0.257 e. The predicted octanol–water partition coefficient (Wildman–Crippen LogP) is -0.738. The number of nitrogens with one attached hydrogen (secondary N) is 2. The van der Waals surface area contributed by atoms with Gasteiger partial charge in [0.05, 0.1) is 6.20 Å². The van der Waals surface area contributed by atoms with Gasteiger partial charge in [0.15, 0.2) is 5.03 Å². The Morgan fingerprint density at radius 2 is 2.31 bits per heavy atom. The normalized spacial score (nSPS) is 11.6. The largest absolute Gasteiger partial charge is 0.370 e. The van der Waals surface area contributed by atoms with E-state index in [2.05, 4.69) is 14.7 Å². The molecule has 4 N–H and O–H groups in total. The smallest absolute Gasteiger partial charge is 0.257 e. The highest BCUT2D eigenvalue weighted by molar-refractivity contribution is 7.89. The van der Waals surface area contributed by atoms with Crippen LogP contribution in [0, 0.1) is 6.92 Å². The molecule has 0 aromatic carbocycles. The molecule has 1 aromatic heterocycles. The van der Waals surface area contributed by atoms with Crippen LogP contribution in [-0.4, -0.2) is 30.8 Å². The molecule has 1 aromatic rings. The number of H-pyrrole nitrogens is 1. The molecule has 0 atom stereocenters. The number of primary amides is 1. The van der Waals surface area contributed by atoms with E-state index in [1.165, 1.54) is 6.20 Å². The molecule has 0 bridgehead atoms. The van der Waals surface area contributed by atoms with Gasteiger partial charge in [0.1, 0.15) is 5.82 Å². The van der Waals surface area contributed by atoms with Crippen LogP contribution in [0.4, 0.5) is 0 Å². The van der Waals surface area contributed by atoms with Crippen molar-refractivity contribution in [3.05, 3.63) is 12.0 Å². The van der Waals surface area contributed by atoms with E-state index in [-0.39, 0.29) is 18.0 Å². The fourth-order valence-corrected chi connectivity index (χ4v) is 2.12. The molecule has 0 saturated carbocycles. The molecule has 8 heteroatoms. The number of nitrogens with zero attached hydrogens (tertiary/aromatic N) is 1. The van der Waals surface area contributed by atoms with Crippen LogP contribution in [0.5, 0.6) is 0 Å². The van der Waals surface area contributed by atoms with Crippen molar-refractivity contribution in [1.29, 1.82) is 0 Å². The molecule has 1 amide bonds. The van der Waals surface area contributed by atoms with Crippen LogP contribution in [-0.2, 0) is 14.8 Å². The Hall–Kier alpha value is -1.41. The van der Waals surface area contributed by atoms with E-state index in [4.69, 9.17) is 5.73 Å². The first-order valence-corrected chi connectivity index (χ1v) is 6.20. The minimum absolute atomic E-state index is 0.0177. The van der Waals surface area contributed by atoms with E-state index in [0.29, 0.717) is 12.2 Å². The highest BCUT2D eigenvalue weighted by Crippen LogP contribution is 2.04. The lowest BCUT2D eigenvalue weighted by atomic mass is 10.3. The Morgan fingerprint density at radius 3 is 2.81 bits per heavy atom. The molecule has 16 heavy (non-hydrogen) atoms. The molecule has 0 saturated heterocycles. The molecule has 0 aliphatic rings. The summed E-state index contributed by atoms with van der Waals surface area (Å²) in [7, 11) is -3.56. The highest BCUT2D eigenvalue weighted by atomic mass is 32.2. The zero-order chi connectivity index (χ0) is 12.2. The summed E-state index contributed by atoms with van der Waals surface area (Å²) in [6.07, 6.45) is 1.78. The van der Waals surface area contributed by atoms with Gasteiger partial charge in [0, 0.05) is 13.0 Å². The number of hydrogen-bond donors (Lipinski definition) is 3.